The number of benzene rings is 3. The zero-order chi connectivity index (χ0) is 47.8. The summed E-state index contributed by atoms with van der Waals surface area (Å²) < 4.78 is 18.5. The molecular weight excluding hydrogens is 849 g/mol. The number of rotatable bonds is 26. The first kappa shape index (κ1) is 51.7. The van der Waals surface area contributed by atoms with Crippen LogP contribution in [-0.2, 0) is 59.6 Å². The van der Waals surface area contributed by atoms with E-state index in [0.29, 0.717) is 13.0 Å². The van der Waals surface area contributed by atoms with Crippen molar-refractivity contribution < 1.29 is 43.0 Å². The minimum absolute atomic E-state index is 0.0105. The van der Waals surface area contributed by atoms with Crippen molar-refractivity contribution in [3.05, 3.63) is 114 Å². The van der Waals surface area contributed by atoms with Crippen LogP contribution < -0.4 is 21.4 Å². The summed E-state index contributed by atoms with van der Waals surface area (Å²) in [7, 11) is 1.40. The second kappa shape index (κ2) is 27.4. The molecule has 0 radical (unpaired) electrons. The van der Waals surface area contributed by atoms with Gasteiger partial charge in [-0.3, -0.25) is 24.6 Å². The van der Waals surface area contributed by atoms with Crippen LogP contribution in [0.2, 0.25) is 0 Å². The molecule has 66 heavy (non-hydrogen) atoms. The van der Waals surface area contributed by atoms with E-state index in [9.17, 15) is 28.8 Å². The van der Waals surface area contributed by atoms with Gasteiger partial charge in [0.25, 0.3) is 5.91 Å². The standard InChI is InChI=1S/C47H64N10O9/c1-7-8-25-56(52-45(61)43(34(4)5)50-40(58)24-26-57-32-48-53-54-57)28-39(66-41(59)29-55(6)47(63)65-31-37-22-16-11-17-23-37)38(27-35-18-12-9-13-19-35)49-44(60)42(33(2)3)51-46(62)64-30-36-20-14-10-15-21-36/h9-23,32-34,38-39,42-43H,7-8,24-31H2,1-6H3,(H,49,60)(H,50,58)(H,51,62)(H,52,61)/t38-,39-,42-,43-/m0/s1. The summed E-state index contributed by atoms with van der Waals surface area (Å²) in [4.78, 5) is 82.6. The number of carbonyl (C=O) groups excluding carboxylic acids is 6. The van der Waals surface area contributed by atoms with Crippen molar-refractivity contribution in [2.75, 3.05) is 26.7 Å². The molecule has 0 fully saturated rings. The second-order valence-electron chi connectivity index (χ2n) is 16.5. The molecule has 4 aromatic rings. The number of esters is 1. The highest BCUT2D eigenvalue weighted by Crippen LogP contribution is 2.15. The van der Waals surface area contributed by atoms with Gasteiger partial charge >= 0.3 is 18.2 Å². The largest absolute Gasteiger partial charge is 0.457 e. The van der Waals surface area contributed by atoms with Crippen molar-refractivity contribution >= 4 is 35.9 Å². The van der Waals surface area contributed by atoms with Gasteiger partial charge in [0.05, 0.1) is 19.1 Å². The van der Waals surface area contributed by atoms with Gasteiger partial charge in [-0.05, 0) is 51.8 Å². The van der Waals surface area contributed by atoms with Crippen LogP contribution in [0.15, 0.2) is 97.3 Å². The molecule has 356 valence electrons. The minimum Gasteiger partial charge on any atom is -0.457 e. The lowest BCUT2D eigenvalue weighted by Gasteiger charge is -2.35. The van der Waals surface area contributed by atoms with Gasteiger partial charge in [-0.1, -0.05) is 132 Å². The van der Waals surface area contributed by atoms with Gasteiger partial charge in [0, 0.05) is 20.0 Å². The number of unbranched alkanes of at least 4 members (excludes halogenated alkanes) is 1. The zero-order valence-electron chi connectivity index (χ0n) is 38.6. The molecule has 0 spiro atoms. The molecule has 0 aliphatic carbocycles. The molecule has 0 aliphatic rings. The molecule has 19 nitrogen and oxygen atoms in total. The van der Waals surface area contributed by atoms with Gasteiger partial charge in [-0.2, -0.15) is 0 Å². The summed E-state index contributed by atoms with van der Waals surface area (Å²) in [6.07, 6.45) is 0.195. The number of nitrogens with zero attached hydrogens (tertiary/aromatic N) is 6. The number of nitrogens with one attached hydrogen (secondary N) is 4. The lowest BCUT2D eigenvalue weighted by atomic mass is 9.98. The molecular formula is C47H64N10O9. The molecule has 5 amide bonds. The summed E-state index contributed by atoms with van der Waals surface area (Å²) in [6, 6.07) is 24.5. The molecule has 1 aromatic heterocycles. The van der Waals surface area contributed by atoms with Crippen LogP contribution in [0.25, 0.3) is 0 Å². The Kier molecular flexibility index (Phi) is 21.5. The Bertz CT molecular complexity index is 2090. The molecule has 19 heteroatoms. The van der Waals surface area contributed by atoms with Crippen molar-refractivity contribution in [3.63, 3.8) is 0 Å². The van der Waals surface area contributed by atoms with E-state index in [1.807, 2.05) is 85.8 Å². The summed E-state index contributed by atoms with van der Waals surface area (Å²) in [5.74, 6) is -3.01. The predicted octanol–water partition coefficient (Wildman–Crippen LogP) is 4.20. The third kappa shape index (κ3) is 18.3. The molecule has 1 heterocycles. The van der Waals surface area contributed by atoms with Crippen molar-refractivity contribution in [2.45, 2.75) is 104 Å². The Hall–Kier alpha value is -6.89. The van der Waals surface area contributed by atoms with Gasteiger partial charge in [-0.15, -0.1) is 5.10 Å². The predicted molar refractivity (Wildman–Crippen MR) is 243 cm³/mol. The third-order valence-electron chi connectivity index (χ3n) is 10.4. The fourth-order valence-corrected chi connectivity index (χ4v) is 6.65. The zero-order valence-corrected chi connectivity index (χ0v) is 38.6. The molecule has 4 N–H and O–H groups in total. The third-order valence-corrected chi connectivity index (χ3v) is 10.4. The molecule has 0 saturated carbocycles. The Labute approximate surface area is 386 Å². The van der Waals surface area contributed by atoms with E-state index in [-0.39, 0.29) is 51.0 Å². The Balaban J connectivity index is 1.61. The number of ether oxygens (including phenoxy) is 3. The van der Waals surface area contributed by atoms with Gasteiger partial charge in [0.15, 0.2) is 0 Å². The first-order valence-electron chi connectivity index (χ1n) is 22.2. The maximum atomic E-state index is 14.3. The van der Waals surface area contributed by atoms with E-state index in [2.05, 4.69) is 36.9 Å². The highest BCUT2D eigenvalue weighted by molar-refractivity contribution is 5.88. The molecule has 0 bridgehead atoms. The number of tetrazole rings is 1. The van der Waals surface area contributed by atoms with E-state index in [0.717, 1.165) is 28.0 Å². The van der Waals surface area contributed by atoms with E-state index in [4.69, 9.17) is 14.2 Å². The average Bonchev–Trinajstić information content (AvgIpc) is 3.83. The summed E-state index contributed by atoms with van der Waals surface area (Å²) in [6.45, 7) is 8.98. The maximum absolute atomic E-state index is 14.3. The smallest absolute Gasteiger partial charge is 0.410 e. The van der Waals surface area contributed by atoms with Crippen LogP contribution in [0, 0.1) is 11.8 Å². The van der Waals surface area contributed by atoms with Crippen LogP contribution in [0.1, 0.15) is 70.6 Å². The van der Waals surface area contributed by atoms with E-state index in [1.54, 1.807) is 44.8 Å². The second-order valence-corrected chi connectivity index (χ2v) is 16.5. The monoisotopic (exact) mass is 912 g/mol. The normalized spacial score (nSPS) is 12.9. The van der Waals surface area contributed by atoms with E-state index in [1.165, 1.54) is 18.1 Å². The molecule has 4 atom stereocenters. The Morgan fingerprint density at radius 3 is 1.86 bits per heavy atom. The Morgan fingerprint density at radius 2 is 1.30 bits per heavy atom. The number of amides is 5. The lowest BCUT2D eigenvalue weighted by Crippen LogP contribution is -2.60. The van der Waals surface area contributed by atoms with Crippen molar-refractivity contribution in [1.29, 1.82) is 0 Å². The number of hydrazine groups is 1. The average molecular weight is 913 g/mol. The fraction of sp³-hybridized carbons (Fsp3) is 0.468. The first-order chi connectivity index (χ1) is 31.7. The summed E-state index contributed by atoms with van der Waals surface area (Å²) in [5.41, 5.74) is 5.27. The number of alkyl carbamates (subject to hydrolysis) is 1. The van der Waals surface area contributed by atoms with Crippen LogP contribution in [0.4, 0.5) is 9.59 Å². The molecule has 4 rings (SSSR count). The number of hydrogen-bond donors (Lipinski definition) is 4. The summed E-state index contributed by atoms with van der Waals surface area (Å²) >= 11 is 0. The molecule has 0 aliphatic heterocycles. The number of likely N-dealkylation sites (N-methyl/N-ethyl adjacent to an activating group) is 1. The number of aryl methyl sites for hydroxylation is 1. The Morgan fingerprint density at radius 1 is 0.727 bits per heavy atom. The van der Waals surface area contributed by atoms with Gasteiger partial charge < -0.3 is 35.1 Å². The minimum atomic E-state index is -1.16. The molecule has 0 unspecified atom stereocenters. The van der Waals surface area contributed by atoms with Crippen molar-refractivity contribution in [2.24, 2.45) is 11.8 Å². The van der Waals surface area contributed by atoms with Gasteiger partial charge in [-0.25, -0.2) is 19.3 Å². The SMILES string of the molecule is CCCCN(C[C@H](OC(=O)CN(C)C(=O)OCc1ccccc1)[C@H](Cc1ccccc1)NC(=O)[C@@H](NC(=O)OCc1ccccc1)C(C)C)NC(=O)[C@@H](NC(=O)CCn1cnnn1)C(C)C. The van der Waals surface area contributed by atoms with Crippen LogP contribution in [-0.4, -0.2) is 117 Å². The highest BCUT2D eigenvalue weighted by atomic mass is 16.6. The van der Waals surface area contributed by atoms with Crippen LogP contribution >= 0.6 is 0 Å². The lowest BCUT2D eigenvalue weighted by molar-refractivity contribution is -0.154. The van der Waals surface area contributed by atoms with Gasteiger partial charge in [0.2, 0.25) is 11.8 Å². The van der Waals surface area contributed by atoms with Crippen LogP contribution in [0.3, 0.4) is 0 Å². The van der Waals surface area contributed by atoms with Crippen molar-refractivity contribution in [1.82, 2.24) is 51.5 Å². The van der Waals surface area contributed by atoms with Crippen molar-refractivity contribution in [3.8, 4) is 0 Å². The highest BCUT2D eigenvalue weighted by Gasteiger charge is 2.35. The fourth-order valence-electron chi connectivity index (χ4n) is 6.65. The number of carbonyl (C=O) groups is 6. The number of aromatic nitrogens is 4. The number of hydrogen-bond acceptors (Lipinski definition) is 13. The van der Waals surface area contributed by atoms with E-state index >= 15 is 0 Å². The van der Waals surface area contributed by atoms with Crippen LogP contribution in [0.5, 0.6) is 0 Å². The molecule has 3 aromatic carbocycles. The molecule has 0 saturated heterocycles. The topological polar surface area (TPSA) is 228 Å². The van der Waals surface area contributed by atoms with E-state index < -0.39 is 66.7 Å². The van der Waals surface area contributed by atoms with Gasteiger partial charge in [0.1, 0.15) is 44.3 Å². The quantitative estimate of drug-likeness (QED) is 0.0394. The first-order valence-corrected chi connectivity index (χ1v) is 22.2. The summed E-state index contributed by atoms with van der Waals surface area (Å²) in [5, 5.41) is 21.1. The maximum Gasteiger partial charge on any atom is 0.410 e.